The number of fused-ring (bicyclic) bond motifs is 1. The molecule has 16 nitrogen and oxygen atoms in total. The van der Waals surface area contributed by atoms with Gasteiger partial charge in [-0.1, -0.05) is 54.6 Å². The number of aryl methyl sites for hydroxylation is 4. The summed E-state index contributed by atoms with van der Waals surface area (Å²) in [6.07, 6.45) is 6.01. The Bertz CT molecular complexity index is 2390. The number of hydrogen-bond donors (Lipinski definition) is 4. The molecule has 64 heavy (non-hydrogen) atoms. The van der Waals surface area contributed by atoms with Gasteiger partial charge in [0.25, 0.3) is 0 Å². The number of ether oxygens (including phenoxy) is 3. The van der Waals surface area contributed by atoms with Crippen LogP contribution in [0.1, 0.15) is 92.1 Å². The molecule has 0 saturated carbocycles. The van der Waals surface area contributed by atoms with E-state index in [1.807, 2.05) is 55.5 Å². The van der Waals surface area contributed by atoms with Crippen molar-refractivity contribution in [3.63, 3.8) is 0 Å². The highest BCUT2D eigenvalue weighted by atomic mass is 16.5. The zero-order valence-electron chi connectivity index (χ0n) is 36.9. The SMILES string of the molecule is C[C@@H](OCc1ccc(CCCOCCCOCCCc2cccc3c2n(C)c(=O)n3C2CCC(=O)NC2=O)cc1)[C@H](CCC(N)=O)NC(=O)[C@@H]1Cc2cccc3c2N1C(=O)[C@@H](N)CC3. The molecule has 4 heterocycles. The summed E-state index contributed by atoms with van der Waals surface area (Å²) in [5.41, 5.74) is 18.9. The van der Waals surface area contributed by atoms with Crippen LogP contribution in [0.25, 0.3) is 11.0 Å². The van der Waals surface area contributed by atoms with Crippen LogP contribution in [0.4, 0.5) is 5.69 Å². The van der Waals surface area contributed by atoms with Gasteiger partial charge in [-0.25, -0.2) is 4.79 Å². The van der Waals surface area contributed by atoms with Crippen molar-refractivity contribution in [3.05, 3.63) is 99.0 Å². The molecule has 1 saturated heterocycles. The number of amides is 5. The third-order valence-corrected chi connectivity index (χ3v) is 12.7. The second-order valence-corrected chi connectivity index (χ2v) is 17.2. The first-order chi connectivity index (χ1) is 30.9. The van der Waals surface area contributed by atoms with Crippen LogP contribution in [-0.2, 0) is 77.5 Å². The van der Waals surface area contributed by atoms with Gasteiger partial charge in [0.1, 0.15) is 12.1 Å². The summed E-state index contributed by atoms with van der Waals surface area (Å²) < 4.78 is 21.1. The molecule has 1 fully saturated rings. The molecule has 3 aliphatic rings. The molecule has 0 radical (unpaired) electrons. The van der Waals surface area contributed by atoms with E-state index < -0.39 is 42.1 Å². The number of para-hydroxylation sites is 2. The summed E-state index contributed by atoms with van der Waals surface area (Å²) in [6.45, 7) is 4.56. The van der Waals surface area contributed by atoms with Crippen molar-refractivity contribution in [2.45, 2.75) is 121 Å². The minimum atomic E-state index is -0.740. The van der Waals surface area contributed by atoms with E-state index >= 15 is 0 Å². The maximum absolute atomic E-state index is 13.8. The molecule has 5 amide bonds. The fraction of sp³-hybridized carbons (Fsp3) is 0.500. The molecule has 0 spiro atoms. The summed E-state index contributed by atoms with van der Waals surface area (Å²) in [5.74, 6) is -1.79. The largest absolute Gasteiger partial charge is 0.381 e. The number of carbonyl (C=O) groups is 5. The van der Waals surface area contributed by atoms with Gasteiger partial charge in [-0.3, -0.25) is 43.3 Å². The van der Waals surface area contributed by atoms with Crippen LogP contribution in [0.2, 0.25) is 0 Å². The number of nitrogens with two attached hydrogens (primary N) is 2. The van der Waals surface area contributed by atoms with Crippen molar-refractivity contribution in [1.29, 1.82) is 0 Å². The lowest BCUT2D eigenvalue weighted by atomic mass is 10.0. The lowest BCUT2D eigenvalue weighted by Gasteiger charge is -2.30. The van der Waals surface area contributed by atoms with Crippen LogP contribution >= 0.6 is 0 Å². The predicted molar refractivity (Wildman–Crippen MR) is 240 cm³/mol. The van der Waals surface area contributed by atoms with Gasteiger partial charge in [-0.15, -0.1) is 0 Å². The summed E-state index contributed by atoms with van der Waals surface area (Å²) in [4.78, 5) is 78.0. The van der Waals surface area contributed by atoms with Crippen LogP contribution in [0.3, 0.4) is 0 Å². The van der Waals surface area contributed by atoms with Gasteiger partial charge in [-0.05, 0) is 98.6 Å². The topological polar surface area (TPSA) is 219 Å². The summed E-state index contributed by atoms with van der Waals surface area (Å²) >= 11 is 0. The van der Waals surface area contributed by atoms with Gasteiger partial charge >= 0.3 is 5.69 Å². The molecule has 6 N–H and O–H groups in total. The molecular weight excluding hydrogens is 819 g/mol. The molecule has 16 heteroatoms. The highest BCUT2D eigenvalue weighted by Gasteiger charge is 2.43. The Balaban J connectivity index is 0.785. The van der Waals surface area contributed by atoms with E-state index in [9.17, 15) is 28.8 Å². The van der Waals surface area contributed by atoms with Gasteiger partial charge in [0.2, 0.25) is 29.5 Å². The fourth-order valence-electron chi connectivity index (χ4n) is 9.17. The number of nitrogens with one attached hydrogen (secondary N) is 2. The van der Waals surface area contributed by atoms with Crippen LogP contribution in [-0.4, -0.2) is 89.3 Å². The first kappa shape index (κ1) is 46.3. The second-order valence-electron chi connectivity index (χ2n) is 17.2. The fourth-order valence-corrected chi connectivity index (χ4v) is 9.17. The monoisotopic (exact) mass is 879 g/mol. The third-order valence-electron chi connectivity index (χ3n) is 12.7. The van der Waals surface area contributed by atoms with Crippen molar-refractivity contribution in [3.8, 4) is 0 Å². The maximum atomic E-state index is 13.8. The van der Waals surface area contributed by atoms with Crippen molar-refractivity contribution >= 4 is 46.3 Å². The maximum Gasteiger partial charge on any atom is 0.329 e. The predicted octanol–water partition coefficient (Wildman–Crippen LogP) is 3.19. The molecular formula is C48H61N7O9. The zero-order chi connectivity index (χ0) is 45.3. The van der Waals surface area contributed by atoms with E-state index in [1.165, 1.54) is 10.1 Å². The third kappa shape index (κ3) is 10.8. The molecule has 0 aliphatic carbocycles. The van der Waals surface area contributed by atoms with Crippen molar-refractivity contribution in [2.75, 3.05) is 31.3 Å². The number of carbonyl (C=O) groups excluding carboxylic acids is 5. The average molecular weight is 880 g/mol. The normalized spacial score (nSPS) is 19.3. The minimum absolute atomic E-state index is 0.0755. The van der Waals surface area contributed by atoms with Crippen LogP contribution in [0.15, 0.2) is 65.5 Å². The van der Waals surface area contributed by atoms with E-state index in [0.29, 0.717) is 77.1 Å². The minimum Gasteiger partial charge on any atom is -0.381 e. The Morgan fingerprint density at radius 2 is 1.55 bits per heavy atom. The van der Waals surface area contributed by atoms with Crippen LogP contribution in [0, 0.1) is 0 Å². The highest BCUT2D eigenvalue weighted by Crippen LogP contribution is 2.39. The first-order valence-corrected chi connectivity index (χ1v) is 22.6. The molecule has 1 unspecified atom stereocenters. The van der Waals surface area contributed by atoms with E-state index in [0.717, 1.165) is 59.1 Å². The number of anilines is 1. The molecule has 0 bridgehead atoms. The molecule has 342 valence electrons. The van der Waals surface area contributed by atoms with E-state index in [4.69, 9.17) is 25.7 Å². The lowest BCUT2D eigenvalue weighted by Crippen LogP contribution is -2.55. The number of piperidine rings is 1. The molecule has 1 aromatic heterocycles. The number of imidazole rings is 1. The smallest absolute Gasteiger partial charge is 0.329 e. The quantitative estimate of drug-likeness (QED) is 0.0668. The van der Waals surface area contributed by atoms with Crippen LogP contribution in [0.5, 0.6) is 0 Å². The summed E-state index contributed by atoms with van der Waals surface area (Å²) in [7, 11) is 1.71. The van der Waals surface area contributed by atoms with E-state index in [1.54, 1.807) is 16.5 Å². The number of imide groups is 1. The molecule has 5 atom stereocenters. The van der Waals surface area contributed by atoms with Crippen LogP contribution < -0.4 is 32.7 Å². The van der Waals surface area contributed by atoms with Gasteiger partial charge in [-0.2, -0.15) is 0 Å². The van der Waals surface area contributed by atoms with E-state index in [-0.39, 0.29) is 36.3 Å². The van der Waals surface area contributed by atoms with Crippen molar-refractivity contribution in [1.82, 2.24) is 19.8 Å². The van der Waals surface area contributed by atoms with Gasteiger partial charge in [0, 0.05) is 52.7 Å². The van der Waals surface area contributed by atoms with Crippen molar-refractivity contribution in [2.24, 2.45) is 18.5 Å². The number of aromatic nitrogens is 2. The summed E-state index contributed by atoms with van der Waals surface area (Å²) in [5, 5.41) is 5.44. The Labute approximate surface area is 372 Å². The molecule has 3 aliphatic heterocycles. The number of hydrogen-bond acceptors (Lipinski definition) is 10. The first-order valence-electron chi connectivity index (χ1n) is 22.6. The van der Waals surface area contributed by atoms with Gasteiger partial charge in [0.05, 0.1) is 41.5 Å². The zero-order valence-corrected chi connectivity index (χ0v) is 36.9. The molecule has 4 aromatic rings. The average Bonchev–Trinajstić information content (AvgIpc) is 3.76. The van der Waals surface area contributed by atoms with Gasteiger partial charge < -0.3 is 31.0 Å². The van der Waals surface area contributed by atoms with Gasteiger partial charge in [0.15, 0.2) is 0 Å². The number of primary amides is 1. The number of benzene rings is 3. The number of rotatable bonds is 22. The lowest BCUT2D eigenvalue weighted by molar-refractivity contribution is -0.135. The number of nitrogens with zero attached hydrogens (tertiary/aromatic N) is 3. The van der Waals surface area contributed by atoms with E-state index in [2.05, 4.69) is 22.8 Å². The standard InChI is InChI=1S/C48H61N7O9/c1-30(37(20-22-41(50)56)51-46(59)40-28-35-11-3-9-34-18-19-36(49)47(60)55(40)43(34)35)64-29-32-16-14-31(15-17-32)8-5-24-62-26-7-27-63-25-6-12-33-10-4-13-38-44(33)53(2)48(61)54(38)39-21-23-42(57)52-45(39)58/h3-4,9-11,13-17,30,36-37,39-40H,5-8,12,18-29,49H2,1-2H3,(H2,50,56)(H,51,59)(H,52,57,58)/t30-,36+,37+,39?,40+/m1/s1. The van der Waals surface area contributed by atoms with Crippen molar-refractivity contribution < 1.29 is 38.2 Å². The molecule has 3 aromatic carbocycles. The molecule has 7 rings (SSSR count). The Hall–Kier alpha value is -5.68. The second kappa shape index (κ2) is 21.3. The Kier molecular flexibility index (Phi) is 15.4. The highest BCUT2D eigenvalue weighted by molar-refractivity contribution is 6.07. The summed E-state index contributed by atoms with van der Waals surface area (Å²) in [6, 6.07) is 17.2. The Morgan fingerprint density at radius 3 is 2.28 bits per heavy atom. The Morgan fingerprint density at radius 1 is 0.859 bits per heavy atom.